The van der Waals surface area contributed by atoms with Crippen LogP contribution in [0.3, 0.4) is 0 Å². The molecule has 0 saturated heterocycles. The molecular formula is C23H20ClIN2O4. The Morgan fingerprint density at radius 2 is 1.77 bits per heavy atom. The van der Waals surface area contributed by atoms with E-state index in [0.717, 1.165) is 14.7 Å². The lowest BCUT2D eigenvalue weighted by molar-refractivity contribution is 0.0952. The molecule has 0 spiro atoms. The number of benzene rings is 3. The highest BCUT2D eigenvalue weighted by Crippen LogP contribution is 2.34. The van der Waals surface area contributed by atoms with Crippen LogP contribution in [0.25, 0.3) is 0 Å². The maximum Gasteiger partial charge on any atom is 0.275 e. The number of carbonyl (C=O) groups is 1. The molecule has 1 N–H and O–H groups in total. The molecule has 0 aliphatic rings. The van der Waals surface area contributed by atoms with Crippen molar-refractivity contribution in [2.75, 3.05) is 14.2 Å². The number of methoxy groups -OCH3 is 2. The van der Waals surface area contributed by atoms with E-state index in [1.807, 2.05) is 30.3 Å². The zero-order valence-electron chi connectivity index (χ0n) is 16.9. The molecule has 3 rings (SSSR count). The van der Waals surface area contributed by atoms with Crippen LogP contribution in [0.2, 0.25) is 5.02 Å². The minimum absolute atomic E-state index is 0.314. The van der Waals surface area contributed by atoms with Crippen LogP contribution in [0.5, 0.6) is 17.2 Å². The van der Waals surface area contributed by atoms with Gasteiger partial charge in [-0.15, -0.1) is 0 Å². The highest BCUT2D eigenvalue weighted by Gasteiger charge is 2.13. The standard InChI is InChI=1S/C23H20ClIN2O4/c1-29-20-10-6-4-8-17(20)23(28)27-26-13-15-11-19(25)22(21(12-15)30-2)31-14-16-7-3-5-9-18(16)24/h3-13H,14H2,1-2H3,(H,27,28)/b26-13+. The number of para-hydroxylation sites is 1. The molecule has 0 fully saturated rings. The van der Waals surface area contributed by atoms with E-state index in [2.05, 4.69) is 33.1 Å². The molecule has 0 aliphatic carbocycles. The van der Waals surface area contributed by atoms with E-state index in [1.54, 1.807) is 37.4 Å². The number of hydrogen-bond acceptors (Lipinski definition) is 5. The molecule has 3 aromatic carbocycles. The molecule has 0 unspecified atom stereocenters. The van der Waals surface area contributed by atoms with Crippen molar-refractivity contribution in [2.45, 2.75) is 6.61 Å². The van der Waals surface area contributed by atoms with Gasteiger partial charge in [0, 0.05) is 10.6 Å². The summed E-state index contributed by atoms with van der Waals surface area (Å²) in [7, 11) is 3.08. The fourth-order valence-electron chi connectivity index (χ4n) is 2.78. The van der Waals surface area contributed by atoms with Gasteiger partial charge in [0.2, 0.25) is 0 Å². The van der Waals surface area contributed by atoms with Crippen LogP contribution >= 0.6 is 34.2 Å². The van der Waals surface area contributed by atoms with Crippen LogP contribution in [-0.4, -0.2) is 26.3 Å². The molecule has 0 saturated carbocycles. The van der Waals surface area contributed by atoms with Crippen LogP contribution in [0.1, 0.15) is 21.5 Å². The van der Waals surface area contributed by atoms with Crippen molar-refractivity contribution in [3.05, 3.63) is 85.9 Å². The Morgan fingerprint density at radius 1 is 1.06 bits per heavy atom. The second-order valence-corrected chi connectivity index (χ2v) is 7.88. The largest absolute Gasteiger partial charge is 0.496 e. The first-order valence-corrected chi connectivity index (χ1v) is 10.7. The molecule has 1 amide bonds. The average molecular weight is 551 g/mol. The summed E-state index contributed by atoms with van der Waals surface area (Å²) >= 11 is 8.37. The van der Waals surface area contributed by atoms with Crippen molar-refractivity contribution < 1.29 is 19.0 Å². The third-order valence-electron chi connectivity index (χ3n) is 4.31. The normalized spacial score (nSPS) is 10.7. The van der Waals surface area contributed by atoms with Gasteiger partial charge in [0.15, 0.2) is 11.5 Å². The second-order valence-electron chi connectivity index (χ2n) is 6.31. The van der Waals surface area contributed by atoms with Crippen molar-refractivity contribution in [1.29, 1.82) is 0 Å². The van der Waals surface area contributed by atoms with Gasteiger partial charge in [-0.3, -0.25) is 4.79 Å². The summed E-state index contributed by atoms with van der Waals surface area (Å²) in [6, 6.07) is 18.1. The Bertz CT molecular complexity index is 1100. The Hall–Kier alpha value is -2.78. The average Bonchev–Trinajstić information content (AvgIpc) is 2.78. The SMILES string of the molecule is COc1ccccc1C(=O)N/N=C/c1cc(I)c(OCc2ccccc2Cl)c(OC)c1. The van der Waals surface area contributed by atoms with Crippen LogP contribution < -0.4 is 19.6 Å². The van der Waals surface area contributed by atoms with E-state index in [1.165, 1.54) is 13.3 Å². The number of carbonyl (C=O) groups excluding carboxylic acids is 1. The van der Waals surface area contributed by atoms with E-state index in [4.69, 9.17) is 25.8 Å². The summed E-state index contributed by atoms with van der Waals surface area (Å²) in [6.45, 7) is 0.314. The fraction of sp³-hybridized carbons (Fsp3) is 0.130. The second kappa shape index (κ2) is 11.0. The quantitative estimate of drug-likeness (QED) is 0.235. The van der Waals surface area contributed by atoms with Crippen LogP contribution in [0.15, 0.2) is 65.8 Å². The van der Waals surface area contributed by atoms with E-state index in [-0.39, 0.29) is 5.91 Å². The number of nitrogens with one attached hydrogen (secondary N) is 1. The smallest absolute Gasteiger partial charge is 0.275 e. The van der Waals surface area contributed by atoms with Crippen molar-refractivity contribution in [3.63, 3.8) is 0 Å². The van der Waals surface area contributed by atoms with E-state index >= 15 is 0 Å². The predicted octanol–water partition coefficient (Wildman–Crippen LogP) is 5.30. The molecule has 6 nitrogen and oxygen atoms in total. The third-order valence-corrected chi connectivity index (χ3v) is 5.48. The van der Waals surface area contributed by atoms with Gasteiger partial charge < -0.3 is 14.2 Å². The van der Waals surface area contributed by atoms with E-state index in [9.17, 15) is 4.79 Å². The summed E-state index contributed by atoms with van der Waals surface area (Å²) in [5, 5.41) is 4.69. The van der Waals surface area contributed by atoms with Crippen molar-refractivity contribution in [1.82, 2.24) is 5.43 Å². The fourth-order valence-corrected chi connectivity index (χ4v) is 3.75. The van der Waals surface area contributed by atoms with Crippen molar-refractivity contribution >= 4 is 46.3 Å². The Labute approximate surface area is 199 Å². The molecular weight excluding hydrogens is 531 g/mol. The molecule has 3 aromatic rings. The molecule has 0 heterocycles. The lowest BCUT2D eigenvalue weighted by Gasteiger charge is -2.14. The van der Waals surface area contributed by atoms with Crippen LogP contribution in [0.4, 0.5) is 0 Å². The summed E-state index contributed by atoms with van der Waals surface area (Å²) in [4.78, 5) is 12.3. The minimum Gasteiger partial charge on any atom is -0.496 e. The van der Waals surface area contributed by atoms with E-state index in [0.29, 0.717) is 34.4 Å². The first-order chi connectivity index (χ1) is 15.0. The summed E-state index contributed by atoms with van der Waals surface area (Å²) in [6.07, 6.45) is 1.54. The number of hydrazone groups is 1. The van der Waals surface area contributed by atoms with Gasteiger partial charge >= 0.3 is 0 Å². The number of amides is 1. The molecule has 0 bridgehead atoms. The van der Waals surface area contributed by atoms with Gasteiger partial charge in [-0.2, -0.15) is 5.10 Å². The summed E-state index contributed by atoms with van der Waals surface area (Å²) in [5.41, 5.74) is 4.53. The predicted molar refractivity (Wildman–Crippen MR) is 130 cm³/mol. The molecule has 160 valence electrons. The van der Waals surface area contributed by atoms with Gasteiger partial charge in [-0.05, 0) is 58.5 Å². The highest BCUT2D eigenvalue weighted by atomic mass is 127. The zero-order chi connectivity index (χ0) is 22.2. The zero-order valence-corrected chi connectivity index (χ0v) is 19.8. The molecule has 0 atom stereocenters. The van der Waals surface area contributed by atoms with Crippen molar-refractivity contribution in [2.24, 2.45) is 5.10 Å². The lowest BCUT2D eigenvalue weighted by atomic mass is 10.2. The topological polar surface area (TPSA) is 69.2 Å². The first kappa shape index (κ1) is 22.9. The summed E-state index contributed by atoms with van der Waals surface area (Å²) < 4.78 is 17.5. The molecule has 8 heteroatoms. The highest BCUT2D eigenvalue weighted by molar-refractivity contribution is 14.1. The number of halogens is 2. The minimum atomic E-state index is -0.366. The van der Waals surface area contributed by atoms with Crippen LogP contribution in [-0.2, 0) is 6.61 Å². The number of hydrogen-bond donors (Lipinski definition) is 1. The van der Waals surface area contributed by atoms with Gasteiger partial charge in [-0.25, -0.2) is 5.43 Å². The van der Waals surface area contributed by atoms with Gasteiger partial charge in [0.05, 0.1) is 29.6 Å². The molecule has 0 radical (unpaired) electrons. The molecule has 0 aromatic heterocycles. The first-order valence-electron chi connectivity index (χ1n) is 9.23. The Balaban J connectivity index is 1.72. The lowest BCUT2D eigenvalue weighted by Crippen LogP contribution is -2.18. The third kappa shape index (κ3) is 5.89. The maximum atomic E-state index is 12.3. The van der Waals surface area contributed by atoms with Gasteiger partial charge in [0.1, 0.15) is 12.4 Å². The number of rotatable bonds is 8. The number of nitrogens with zero attached hydrogens (tertiary/aromatic N) is 1. The van der Waals surface area contributed by atoms with Gasteiger partial charge in [0.25, 0.3) is 5.91 Å². The summed E-state index contributed by atoms with van der Waals surface area (Å²) in [5.74, 6) is 1.27. The Morgan fingerprint density at radius 3 is 2.52 bits per heavy atom. The van der Waals surface area contributed by atoms with Crippen LogP contribution in [0, 0.1) is 3.57 Å². The van der Waals surface area contributed by atoms with Crippen molar-refractivity contribution in [3.8, 4) is 17.2 Å². The monoisotopic (exact) mass is 550 g/mol. The van der Waals surface area contributed by atoms with Gasteiger partial charge in [-0.1, -0.05) is 41.9 Å². The molecule has 31 heavy (non-hydrogen) atoms. The molecule has 0 aliphatic heterocycles. The number of ether oxygens (including phenoxy) is 3. The maximum absolute atomic E-state index is 12.3. The Kier molecular flexibility index (Phi) is 8.13. The van der Waals surface area contributed by atoms with E-state index < -0.39 is 0 Å².